The van der Waals surface area contributed by atoms with Gasteiger partial charge in [-0.3, -0.25) is 0 Å². The van der Waals surface area contributed by atoms with Crippen molar-refractivity contribution in [2.45, 2.75) is 18.1 Å². The zero-order valence-corrected chi connectivity index (χ0v) is 6.76. The van der Waals surface area contributed by atoms with Gasteiger partial charge in [0.15, 0.2) is 0 Å². The molecule has 1 N–H and O–H groups in total. The summed E-state index contributed by atoms with van der Waals surface area (Å²) < 4.78 is 0. The average Bonchev–Trinajstić information content (AvgIpc) is 1.67. The van der Waals surface area contributed by atoms with Crippen LogP contribution < -0.4 is 0 Å². The van der Waals surface area contributed by atoms with Gasteiger partial charge in [-0.05, 0) is 0 Å². The average molecular weight is 181 g/mol. The Labute approximate surface area is 55.4 Å². The van der Waals surface area contributed by atoms with Gasteiger partial charge in [-0.2, -0.15) is 0 Å². The van der Waals surface area contributed by atoms with Crippen molar-refractivity contribution in [3.05, 3.63) is 0 Å². The summed E-state index contributed by atoms with van der Waals surface area (Å²) in [7, 11) is 0. The molecule has 0 aliphatic rings. The summed E-state index contributed by atoms with van der Waals surface area (Å²) in [5.74, 6) is 1.24. The van der Waals surface area contributed by atoms with Crippen LogP contribution in [0.3, 0.4) is 0 Å². The van der Waals surface area contributed by atoms with Crippen LogP contribution in [0.2, 0.25) is 11.1 Å². The maximum atomic E-state index is 10.1. The summed E-state index contributed by atoms with van der Waals surface area (Å²) in [5, 5.41) is 9.17. The molecule has 0 fully saturated rings. The molecule has 1 atom stereocenters. The number of carboxylic acid groups (broad SMARTS) is 1. The summed E-state index contributed by atoms with van der Waals surface area (Å²) in [6, 6.07) is 0. The Hall–Kier alpha value is -0.0105. The summed E-state index contributed by atoms with van der Waals surface area (Å²) >= 11 is 0.498. The third-order valence-electron chi connectivity index (χ3n) is 0.838. The number of carbonyl (C=O) groups is 1. The standard InChI is InChI=1S/C5H10O2Se/c1-4(3-8-2)5(6)7/h4H,3H2,1-2H3,(H,6,7)/t4-/m0/s1. The molecule has 3 heteroatoms. The molecule has 0 aliphatic carbocycles. The SMILES string of the molecule is C[Se]C[C@H](C)C(=O)O. The van der Waals surface area contributed by atoms with Gasteiger partial charge >= 0.3 is 54.8 Å². The Morgan fingerprint density at radius 1 is 1.88 bits per heavy atom. The van der Waals surface area contributed by atoms with Crippen LogP contribution in [0.15, 0.2) is 0 Å². The Bertz CT molecular complexity index is 82.5. The van der Waals surface area contributed by atoms with Crippen LogP contribution in [0.4, 0.5) is 0 Å². The molecule has 0 radical (unpaired) electrons. The normalized spacial score (nSPS) is 13.2. The quantitative estimate of drug-likeness (QED) is 0.656. The van der Waals surface area contributed by atoms with E-state index >= 15 is 0 Å². The van der Waals surface area contributed by atoms with Crippen molar-refractivity contribution >= 4 is 20.9 Å². The van der Waals surface area contributed by atoms with E-state index in [9.17, 15) is 4.79 Å². The van der Waals surface area contributed by atoms with Crippen molar-refractivity contribution in [2.75, 3.05) is 0 Å². The molecule has 0 aliphatic heterocycles. The van der Waals surface area contributed by atoms with Crippen LogP contribution >= 0.6 is 0 Å². The first kappa shape index (κ1) is 7.99. The first-order chi connectivity index (χ1) is 3.68. The van der Waals surface area contributed by atoms with Crippen LogP contribution in [0.5, 0.6) is 0 Å². The molecule has 0 saturated heterocycles. The second-order valence-corrected chi connectivity index (χ2v) is 3.61. The molecule has 0 aromatic rings. The molecule has 0 aromatic heterocycles. The van der Waals surface area contributed by atoms with Gasteiger partial charge in [-0.25, -0.2) is 0 Å². The van der Waals surface area contributed by atoms with Crippen molar-refractivity contribution < 1.29 is 9.90 Å². The molecule has 0 amide bonds. The second-order valence-electron chi connectivity index (χ2n) is 1.69. The van der Waals surface area contributed by atoms with E-state index in [-0.39, 0.29) is 5.92 Å². The van der Waals surface area contributed by atoms with Crippen LogP contribution in [-0.4, -0.2) is 26.0 Å². The van der Waals surface area contributed by atoms with Crippen molar-refractivity contribution in [3.8, 4) is 0 Å². The van der Waals surface area contributed by atoms with Crippen molar-refractivity contribution in [1.82, 2.24) is 0 Å². The summed E-state index contributed by atoms with van der Waals surface area (Å²) in [4.78, 5) is 10.1. The van der Waals surface area contributed by atoms with Crippen LogP contribution in [-0.2, 0) is 4.79 Å². The van der Waals surface area contributed by atoms with Gasteiger partial charge in [0.1, 0.15) is 0 Å². The van der Waals surface area contributed by atoms with Gasteiger partial charge in [0.05, 0.1) is 0 Å². The minimum atomic E-state index is -0.672. The van der Waals surface area contributed by atoms with Crippen molar-refractivity contribution in [3.63, 3.8) is 0 Å². The summed E-state index contributed by atoms with van der Waals surface area (Å²) in [6.45, 7) is 1.74. The van der Waals surface area contributed by atoms with E-state index in [1.54, 1.807) is 6.92 Å². The molecule has 48 valence electrons. The molecule has 0 spiro atoms. The molecule has 0 heterocycles. The van der Waals surface area contributed by atoms with Gasteiger partial charge in [0.25, 0.3) is 0 Å². The van der Waals surface area contributed by atoms with Gasteiger partial charge in [0, 0.05) is 0 Å². The summed E-state index contributed by atoms with van der Waals surface area (Å²) in [5.41, 5.74) is 0. The van der Waals surface area contributed by atoms with E-state index in [0.717, 1.165) is 5.32 Å². The predicted molar refractivity (Wildman–Crippen MR) is 33.2 cm³/mol. The Balaban J connectivity index is 3.32. The monoisotopic (exact) mass is 182 g/mol. The summed E-state index contributed by atoms with van der Waals surface area (Å²) in [6.07, 6.45) is 0. The van der Waals surface area contributed by atoms with E-state index in [4.69, 9.17) is 5.11 Å². The van der Waals surface area contributed by atoms with Crippen LogP contribution in [0.1, 0.15) is 6.92 Å². The molecule has 0 unspecified atom stereocenters. The van der Waals surface area contributed by atoms with E-state index in [1.807, 2.05) is 5.82 Å². The minimum absolute atomic E-state index is 0.139. The number of rotatable bonds is 3. The first-order valence-electron chi connectivity index (χ1n) is 2.40. The molecule has 0 rings (SSSR count). The van der Waals surface area contributed by atoms with Crippen molar-refractivity contribution in [2.24, 2.45) is 5.92 Å². The van der Waals surface area contributed by atoms with E-state index < -0.39 is 5.97 Å². The van der Waals surface area contributed by atoms with Gasteiger partial charge in [-0.15, -0.1) is 0 Å². The Morgan fingerprint density at radius 3 is 2.50 bits per heavy atom. The maximum absolute atomic E-state index is 10.1. The van der Waals surface area contributed by atoms with Crippen LogP contribution in [0.25, 0.3) is 0 Å². The van der Waals surface area contributed by atoms with Gasteiger partial charge in [-0.1, -0.05) is 0 Å². The molecule has 0 bridgehead atoms. The second kappa shape index (κ2) is 3.93. The Morgan fingerprint density at radius 2 is 2.38 bits per heavy atom. The molecular formula is C5H10O2Se. The Kier molecular flexibility index (Phi) is 3.92. The predicted octanol–water partition coefficient (Wildman–Crippen LogP) is 0.878. The van der Waals surface area contributed by atoms with E-state index in [2.05, 4.69) is 0 Å². The van der Waals surface area contributed by atoms with Crippen molar-refractivity contribution in [1.29, 1.82) is 0 Å². The molecular weight excluding hydrogens is 171 g/mol. The fourth-order valence-electron chi connectivity index (χ4n) is 0.321. The fourth-order valence-corrected chi connectivity index (χ4v) is 1.67. The third-order valence-corrected chi connectivity index (χ3v) is 2.59. The zero-order valence-electron chi connectivity index (χ0n) is 5.05. The van der Waals surface area contributed by atoms with Gasteiger partial charge in [0.2, 0.25) is 0 Å². The fraction of sp³-hybridized carbons (Fsp3) is 0.800. The van der Waals surface area contributed by atoms with E-state index in [1.165, 1.54) is 0 Å². The first-order valence-corrected chi connectivity index (χ1v) is 5.32. The van der Waals surface area contributed by atoms with E-state index in [0.29, 0.717) is 15.0 Å². The number of aliphatic carboxylic acids is 1. The number of hydrogen-bond donors (Lipinski definition) is 1. The zero-order chi connectivity index (χ0) is 6.57. The molecule has 0 saturated carbocycles. The van der Waals surface area contributed by atoms with Gasteiger partial charge < -0.3 is 0 Å². The number of carboxylic acids is 1. The molecule has 8 heavy (non-hydrogen) atoms. The molecule has 2 nitrogen and oxygen atoms in total. The number of hydrogen-bond acceptors (Lipinski definition) is 1. The van der Waals surface area contributed by atoms with Crippen LogP contribution in [0, 0.1) is 5.92 Å². The third kappa shape index (κ3) is 3.05. The molecule has 0 aromatic carbocycles. The topological polar surface area (TPSA) is 37.3 Å².